The Balaban J connectivity index is 2.66. The molecule has 2 heterocycles. The van der Waals surface area contributed by atoms with Crippen LogP contribution in [-0.2, 0) is 6.42 Å². The van der Waals surface area contributed by atoms with Gasteiger partial charge in [0, 0.05) is 5.69 Å². The van der Waals surface area contributed by atoms with Gasteiger partial charge in [-0.05, 0) is 19.4 Å². The highest BCUT2D eigenvalue weighted by Gasteiger charge is 2.00. The van der Waals surface area contributed by atoms with Crippen LogP contribution in [0.5, 0.6) is 0 Å². The third kappa shape index (κ3) is 1.20. The third-order valence-corrected chi connectivity index (χ3v) is 2.73. The zero-order chi connectivity index (χ0) is 8.55. The second-order valence-corrected chi connectivity index (χ2v) is 3.96. The molecule has 0 aliphatic heterocycles. The van der Waals surface area contributed by atoms with Crippen molar-refractivity contribution in [1.82, 2.24) is 9.97 Å². The molecule has 2 rings (SSSR count). The Morgan fingerprint density at radius 3 is 3.08 bits per heavy atom. The van der Waals surface area contributed by atoms with Crippen LogP contribution in [0.3, 0.4) is 0 Å². The molecule has 62 valence electrons. The molecule has 0 radical (unpaired) electrons. The first-order chi connectivity index (χ1) is 5.79. The van der Waals surface area contributed by atoms with Crippen molar-refractivity contribution in [2.24, 2.45) is 0 Å². The highest BCUT2D eigenvalue weighted by atomic mass is 32.1. The Bertz CT molecular complexity index is 406. The van der Waals surface area contributed by atoms with Gasteiger partial charge in [-0.3, -0.25) is 4.98 Å². The monoisotopic (exact) mass is 178 g/mol. The maximum Gasteiger partial charge on any atom is 0.0998 e. The molecular weight excluding hydrogens is 168 g/mol. The molecule has 0 unspecified atom stereocenters. The molecular formula is C9H10N2S. The summed E-state index contributed by atoms with van der Waals surface area (Å²) < 4.78 is 1.25. The van der Waals surface area contributed by atoms with E-state index in [0.29, 0.717) is 0 Å². The van der Waals surface area contributed by atoms with Gasteiger partial charge in [0.1, 0.15) is 0 Å². The zero-order valence-corrected chi connectivity index (χ0v) is 7.98. The van der Waals surface area contributed by atoms with Crippen molar-refractivity contribution in [2.75, 3.05) is 0 Å². The van der Waals surface area contributed by atoms with E-state index in [1.165, 1.54) is 4.70 Å². The molecule has 0 saturated heterocycles. The zero-order valence-electron chi connectivity index (χ0n) is 7.16. The Morgan fingerprint density at radius 1 is 1.50 bits per heavy atom. The first kappa shape index (κ1) is 7.68. The first-order valence-electron chi connectivity index (χ1n) is 4.01. The van der Waals surface area contributed by atoms with Gasteiger partial charge in [-0.25, -0.2) is 4.98 Å². The summed E-state index contributed by atoms with van der Waals surface area (Å²) in [4.78, 5) is 8.63. The second-order valence-electron chi connectivity index (χ2n) is 2.73. The minimum absolute atomic E-state index is 0.993. The molecule has 0 aliphatic carbocycles. The number of aryl methyl sites for hydroxylation is 2. The van der Waals surface area contributed by atoms with Crippen molar-refractivity contribution in [1.29, 1.82) is 0 Å². The minimum Gasteiger partial charge on any atom is -0.259 e. The van der Waals surface area contributed by atoms with Gasteiger partial charge in [-0.2, -0.15) is 0 Å². The average Bonchev–Trinajstić information content (AvgIpc) is 2.43. The van der Waals surface area contributed by atoms with Gasteiger partial charge in [-0.1, -0.05) is 6.92 Å². The van der Waals surface area contributed by atoms with Crippen molar-refractivity contribution in [2.45, 2.75) is 20.3 Å². The quantitative estimate of drug-likeness (QED) is 0.670. The average molecular weight is 178 g/mol. The van der Waals surface area contributed by atoms with Crippen LogP contribution in [0.4, 0.5) is 0 Å². The van der Waals surface area contributed by atoms with Gasteiger partial charge in [0.05, 0.1) is 21.4 Å². The fraction of sp³-hybridized carbons (Fsp3) is 0.333. The summed E-state index contributed by atoms with van der Waals surface area (Å²) in [6.07, 6.45) is 2.85. The number of hydrogen-bond donors (Lipinski definition) is 0. The summed E-state index contributed by atoms with van der Waals surface area (Å²) >= 11 is 1.73. The maximum absolute atomic E-state index is 4.34. The largest absolute Gasteiger partial charge is 0.259 e. The molecule has 0 bridgehead atoms. The van der Waals surface area contributed by atoms with Crippen LogP contribution in [0.25, 0.3) is 10.2 Å². The van der Waals surface area contributed by atoms with Crippen LogP contribution in [0, 0.1) is 6.92 Å². The lowest BCUT2D eigenvalue weighted by Gasteiger charge is -1.92. The highest BCUT2D eigenvalue weighted by molar-refractivity contribution is 7.18. The molecule has 12 heavy (non-hydrogen) atoms. The molecule has 0 fully saturated rings. The molecule has 0 N–H and O–H groups in total. The SMILES string of the molecule is CCc1cc2sc(C)nc2cn1. The summed E-state index contributed by atoms with van der Waals surface area (Å²) in [6, 6.07) is 2.12. The number of hydrogen-bond acceptors (Lipinski definition) is 3. The highest BCUT2D eigenvalue weighted by Crippen LogP contribution is 2.21. The van der Waals surface area contributed by atoms with Gasteiger partial charge >= 0.3 is 0 Å². The normalized spacial score (nSPS) is 10.8. The van der Waals surface area contributed by atoms with E-state index in [1.807, 2.05) is 13.1 Å². The number of fused-ring (bicyclic) bond motifs is 1. The fourth-order valence-electron chi connectivity index (χ4n) is 1.18. The molecule has 2 aromatic rings. The van der Waals surface area contributed by atoms with Gasteiger partial charge in [0.25, 0.3) is 0 Å². The second kappa shape index (κ2) is 2.83. The minimum atomic E-state index is 0.993. The van der Waals surface area contributed by atoms with Crippen molar-refractivity contribution in [3.05, 3.63) is 23.0 Å². The molecule has 3 heteroatoms. The molecule has 0 amide bonds. The van der Waals surface area contributed by atoms with Crippen LogP contribution in [0.15, 0.2) is 12.3 Å². The van der Waals surface area contributed by atoms with E-state index in [9.17, 15) is 0 Å². The lowest BCUT2D eigenvalue weighted by atomic mass is 10.3. The van der Waals surface area contributed by atoms with E-state index in [0.717, 1.165) is 22.6 Å². The van der Waals surface area contributed by atoms with Gasteiger partial charge < -0.3 is 0 Å². The number of thiazole rings is 1. The Morgan fingerprint density at radius 2 is 2.33 bits per heavy atom. The topological polar surface area (TPSA) is 25.8 Å². The fourth-order valence-corrected chi connectivity index (χ4v) is 2.04. The van der Waals surface area contributed by atoms with Crippen LogP contribution in [0.2, 0.25) is 0 Å². The van der Waals surface area contributed by atoms with Crippen LogP contribution in [-0.4, -0.2) is 9.97 Å². The summed E-state index contributed by atoms with van der Waals surface area (Å²) in [7, 11) is 0. The van der Waals surface area contributed by atoms with E-state index >= 15 is 0 Å². The maximum atomic E-state index is 4.34. The standard InChI is InChI=1S/C9H10N2S/c1-3-7-4-9-8(5-10-7)11-6(2)12-9/h4-5H,3H2,1-2H3. The Hall–Kier alpha value is -0.960. The Labute approximate surface area is 75.3 Å². The first-order valence-corrected chi connectivity index (χ1v) is 4.83. The lowest BCUT2D eigenvalue weighted by molar-refractivity contribution is 1.04. The van der Waals surface area contributed by atoms with Crippen LogP contribution in [0.1, 0.15) is 17.6 Å². The van der Waals surface area contributed by atoms with E-state index in [4.69, 9.17) is 0 Å². The predicted molar refractivity (Wildman–Crippen MR) is 51.5 cm³/mol. The predicted octanol–water partition coefficient (Wildman–Crippen LogP) is 2.56. The van der Waals surface area contributed by atoms with E-state index in [1.54, 1.807) is 11.3 Å². The molecule has 0 aromatic carbocycles. The van der Waals surface area contributed by atoms with Crippen LogP contribution >= 0.6 is 11.3 Å². The van der Waals surface area contributed by atoms with Gasteiger partial charge in [0.15, 0.2) is 0 Å². The van der Waals surface area contributed by atoms with Crippen LogP contribution < -0.4 is 0 Å². The van der Waals surface area contributed by atoms with Gasteiger partial charge in [-0.15, -0.1) is 11.3 Å². The summed E-state index contributed by atoms with van der Waals surface area (Å²) in [5, 5.41) is 1.11. The van der Waals surface area contributed by atoms with E-state index in [2.05, 4.69) is 23.0 Å². The van der Waals surface area contributed by atoms with Crippen molar-refractivity contribution in [3.63, 3.8) is 0 Å². The molecule has 2 nitrogen and oxygen atoms in total. The van der Waals surface area contributed by atoms with E-state index in [-0.39, 0.29) is 0 Å². The van der Waals surface area contributed by atoms with Crippen molar-refractivity contribution in [3.8, 4) is 0 Å². The third-order valence-electron chi connectivity index (χ3n) is 1.80. The summed E-state index contributed by atoms with van der Waals surface area (Å²) in [6.45, 7) is 4.14. The molecule has 2 aromatic heterocycles. The number of rotatable bonds is 1. The molecule has 0 spiro atoms. The van der Waals surface area contributed by atoms with Crippen molar-refractivity contribution >= 4 is 21.6 Å². The number of aromatic nitrogens is 2. The van der Waals surface area contributed by atoms with E-state index < -0.39 is 0 Å². The number of pyridine rings is 1. The lowest BCUT2D eigenvalue weighted by Crippen LogP contribution is -1.84. The molecule has 0 atom stereocenters. The summed E-state index contributed by atoms with van der Waals surface area (Å²) in [5.41, 5.74) is 2.17. The van der Waals surface area contributed by atoms with Crippen molar-refractivity contribution < 1.29 is 0 Å². The van der Waals surface area contributed by atoms with Gasteiger partial charge in [0.2, 0.25) is 0 Å². The smallest absolute Gasteiger partial charge is 0.0998 e. The Kier molecular flexibility index (Phi) is 1.81. The molecule has 0 aliphatic rings. The number of nitrogens with zero attached hydrogens (tertiary/aromatic N) is 2. The summed E-state index contributed by atoms with van der Waals surface area (Å²) in [5.74, 6) is 0. The molecule has 0 saturated carbocycles.